The Hall–Kier alpha value is -2.60. The van der Waals surface area contributed by atoms with Crippen LogP contribution in [0.1, 0.15) is 41.6 Å². The Morgan fingerprint density at radius 2 is 2.25 bits per heavy atom. The number of aliphatic hydroxyl groups excluding tert-OH is 1. The van der Waals surface area contributed by atoms with E-state index in [1.54, 1.807) is 18.4 Å². The van der Waals surface area contributed by atoms with Crippen LogP contribution in [0.15, 0.2) is 47.1 Å². The number of fused-ring (bicyclic) bond motifs is 1. The minimum Gasteiger partial charge on any atom is -0.467 e. The van der Waals surface area contributed by atoms with E-state index in [0.717, 1.165) is 23.7 Å². The number of likely N-dealkylation sites (tertiary alicyclic amines) is 1. The van der Waals surface area contributed by atoms with Crippen molar-refractivity contribution in [3.05, 3.63) is 54.1 Å². The number of amides is 1. The Morgan fingerprint density at radius 1 is 1.38 bits per heavy atom. The highest BCUT2D eigenvalue weighted by molar-refractivity contribution is 6.04. The summed E-state index contributed by atoms with van der Waals surface area (Å²) in [5, 5.41) is 18.3. The van der Waals surface area contributed by atoms with Gasteiger partial charge in [-0.15, -0.1) is 0 Å². The van der Waals surface area contributed by atoms with Crippen LogP contribution in [0.5, 0.6) is 0 Å². The standard InChI is InChI=1S/C18H19N3O3/c22-15(16-8-4-10-24-16)11-12-5-3-9-21(12)18(23)17-13-6-1-2-7-14(13)19-20-17/h1-2,4,6-8,10,12,15,22H,3,5,9,11H2,(H,19,20). The van der Waals surface area contributed by atoms with E-state index in [4.69, 9.17) is 4.42 Å². The van der Waals surface area contributed by atoms with Crippen molar-refractivity contribution >= 4 is 16.8 Å². The summed E-state index contributed by atoms with van der Waals surface area (Å²) in [6.45, 7) is 0.690. The Kier molecular flexibility index (Phi) is 3.82. The topological polar surface area (TPSA) is 82.4 Å². The van der Waals surface area contributed by atoms with E-state index in [1.807, 2.05) is 29.2 Å². The van der Waals surface area contributed by atoms with E-state index < -0.39 is 6.10 Å². The zero-order chi connectivity index (χ0) is 16.5. The number of hydrogen-bond donors (Lipinski definition) is 2. The van der Waals surface area contributed by atoms with Crippen LogP contribution in [0.2, 0.25) is 0 Å². The van der Waals surface area contributed by atoms with Gasteiger partial charge in [-0.3, -0.25) is 9.89 Å². The summed E-state index contributed by atoms with van der Waals surface area (Å²) in [4.78, 5) is 14.8. The molecule has 1 amide bonds. The second kappa shape index (κ2) is 6.13. The number of rotatable bonds is 4. The molecule has 0 bridgehead atoms. The highest BCUT2D eigenvalue weighted by atomic mass is 16.4. The third-order valence-electron chi connectivity index (χ3n) is 4.68. The summed E-state index contributed by atoms with van der Waals surface area (Å²) < 4.78 is 5.26. The molecule has 1 aromatic carbocycles. The number of carbonyl (C=O) groups is 1. The van der Waals surface area contributed by atoms with Crippen molar-refractivity contribution in [2.45, 2.75) is 31.4 Å². The highest BCUT2D eigenvalue weighted by Crippen LogP contribution is 2.29. The lowest BCUT2D eigenvalue weighted by molar-refractivity contribution is 0.0637. The van der Waals surface area contributed by atoms with Gasteiger partial charge in [0.15, 0.2) is 5.69 Å². The molecule has 2 atom stereocenters. The lowest BCUT2D eigenvalue weighted by atomic mass is 10.0. The smallest absolute Gasteiger partial charge is 0.275 e. The molecular formula is C18H19N3O3. The van der Waals surface area contributed by atoms with Gasteiger partial charge in [-0.2, -0.15) is 5.10 Å². The molecule has 3 aromatic rings. The third kappa shape index (κ3) is 2.59. The Labute approximate surface area is 139 Å². The van der Waals surface area contributed by atoms with Gasteiger partial charge in [-0.1, -0.05) is 18.2 Å². The molecule has 1 aliphatic rings. The first-order valence-corrected chi connectivity index (χ1v) is 8.19. The van der Waals surface area contributed by atoms with Crippen LogP contribution in [0, 0.1) is 0 Å². The highest BCUT2D eigenvalue weighted by Gasteiger charge is 2.33. The lowest BCUT2D eigenvalue weighted by Gasteiger charge is -2.25. The lowest BCUT2D eigenvalue weighted by Crippen LogP contribution is -2.36. The molecule has 4 rings (SSSR count). The van der Waals surface area contributed by atoms with Gasteiger partial charge < -0.3 is 14.4 Å². The maximum Gasteiger partial charge on any atom is 0.275 e. The third-order valence-corrected chi connectivity index (χ3v) is 4.68. The molecule has 124 valence electrons. The van der Waals surface area contributed by atoms with Crippen molar-refractivity contribution < 1.29 is 14.3 Å². The molecule has 1 fully saturated rings. The average Bonchev–Trinajstić information content (AvgIpc) is 3.34. The van der Waals surface area contributed by atoms with E-state index in [0.29, 0.717) is 24.4 Å². The SMILES string of the molecule is O=C(c1n[nH]c2ccccc12)N1CCCC1CC(O)c1ccco1. The Bertz CT molecular complexity index is 840. The van der Waals surface area contributed by atoms with E-state index in [2.05, 4.69) is 10.2 Å². The van der Waals surface area contributed by atoms with E-state index in [9.17, 15) is 9.90 Å². The van der Waals surface area contributed by atoms with Gasteiger partial charge >= 0.3 is 0 Å². The van der Waals surface area contributed by atoms with Crippen LogP contribution >= 0.6 is 0 Å². The molecule has 0 radical (unpaired) electrons. The van der Waals surface area contributed by atoms with Crippen molar-refractivity contribution in [3.8, 4) is 0 Å². The molecule has 6 nitrogen and oxygen atoms in total. The van der Waals surface area contributed by atoms with Crippen LogP contribution in [-0.4, -0.2) is 38.7 Å². The predicted octanol–water partition coefficient (Wildman–Crippen LogP) is 2.88. The number of aromatic nitrogens is 2. The molecule has 1 aliphatic heterocycles. The maximum absolute atomic E-state index is 12.9. The number of hydrogen-bond acceptors (Lipinski definition) is 4. The Balaban J connectivity index is 1.55. The first-order valence-electron chi connectivity index (χ1n) is 8.19. The fourth-order valence-electron chi connectivity index (χ4n) is 3.47. The summed E-state index contributed by atoms with van der Waals surface area (Å²) in [6.07, 6.45) is 3.14. The zero-order valence-corrected chi connectivity index (χ0v) is 13.2. The zero-order valence-electron chi connectivity index (χ0n) is 13.2. The fourth-order valence-corrected chi connectivity index (χ4v) is 3.47. The van der Waals surface area contributed by atoms with Crippen molar-refractivity contribution in [2.24, 2.45) is 0 Å². The quantitative estimate of drug-likeness (QED) is 0.773. The largest absolute Gasteiger partial charge is 0.467 e. The number of carbonyl (C=O) groups excluding carboxylic acids is 1. The number of aliphatic hydroxyl groups is 1. The first-order chi connectivity index (χ1) is 11.7. The second-order valence-corrected chi connectivity index (χ2v) is 6.18. The van der Waals surface area contributed by atoms with Gasteiger partial charge in [0.05, 0.1) is 11.8 Å². The number of aromatic amines is 1. The molecule has 1 saturated heterocycles. The van der Waals surface area contributed by atoms with Crippen molar-refractivity contribution in [1.29, 1.82) is 0 Å². The first kappa shape index (κ1) is 15.0. The maximum atomic E-state index is 12.9. The summed E-state index contributed by atoms with van der Waals surface area (Å²) in [7, 11) is 0. The number of benzene rings is 1. The predicted molar refractivity (Wildman–Crippen MR) is 88.4 cm³/mol. The number of nitrogens with one attached hydrogen (secondary N) is 1. The summed E-state index contributed by atoms with van der Waals surface area (Å²) in [6, 6.07) is 11.1. The average molecular weight is 325 g/mol. The van der Waals surface area contributed by atoms with Gasteiger partial charge in [0.25, 0.3) is 5.91 Å². The molecule has 0 aliphatic carbocycles. The molecule has 0 saturated carbocycles. The summed E-state index contributed by atoms with van der Waals surface area (Å²) in [5.41, 5.74) is 1.30. The van der Waals surface area contributed by atoms with Gasteiger partial charge in [0.1, 0.15) is 11.9 Å². The van der Waals surface area contributed by atoms with Crippen molar-refractivity contribution in [2.75, 3.05) is 6.54 Å². The van der Waals surface area contributed by atoms with Gasteiger partial charge in [0.2, 0.25) is 0 Å². The Morgan fingerprint density at radius 3 is 3.08 bits per heavy atom. The fraction of sp³-hybridized carbons (Fsp3) is 0.333. The number of furan rings is 1. The molecule has 0 spiro atoms. The van der Waals surface area contributed by atoms with Crippen molar-refractivity contribution in [1.82, 2.24) is 15.1 Å². The minimum absolute atomic E-state index is 0.00642. The number of nitrogens with zero attached hydrogens (tertiary/aromatic N) is 2. The van der Waals surface area contributed by atoms with Gasteiger partial charge in [-0.25, -0.2) is 0 Å². The van der Waals surface area contributed by atoms with E-state index >= 15 is 0 Å². The van der Waals surface area contributed by atoms with Gasteiger partial charge in [0, 0.05) is 24.4 Å². The van der Waals surface area contributed by atoms with Crippen molar-refractivity contribution in [3.63, 3.8) is 0 Å². The van der Waals surface area contributed by atoms with Gasteiger partial charge in [-0.05, 0) is 31.0 Å². The molecule has 2 unspecified atom stereocenters. The monoisotopic (exact) mass is 325 g/mol. The molecule has 3 heterocycles. The van der Waals surface area contributed by atoms with Crippen LogP contribution in [0.25, 0.3) is 10.9 Å². The normalized spacial score (nSPS) is 19.0. The van der Waals surface area contributed by atoms with E-state index in [-0.39, 0.29) is 11.9 Å². The van der Waals surface area contributed by atoms with Crippen LogP contribution < -0.4 is 0 Å². The summed E-state index contributed by atoms with van der Waals surface area (Å²) >= 11 is 0. The molecule has 2 N–H and O–H groups in total. The summed E-state index contributed by atoms with van der Waals surface area (Å²) in [5.74, 6) is 0.459. The van der Waals surface area contributed by atoms with E-state index in [1.165, 1.54) is 0 Å². The van der Waals surface area contributed by atoms with Crippen LogP contribution in [-0.2, 0) is 0 Å². The number of para-hydroxylation sites is 1. The van der Waals surface area contributed by atoms with Crippen LogP contribution in [0.3, 0.4) is 0 Å². The van der Waals surface area contributed by atoms with Crippen LogP contribution in [0.4, 0.5) is 0 Å². The minimum atomic E-state index is -0.700. The number of H-pyrrole nitrogens is 1. The molecule has 2 aromatic heterocycles. The second-order valence-electron chi connectivity index (χ2n) is 6.18. The molecule has 6 heteroatoms. The molecule has 24 heavy (non-hydrogen) atoms. The molecular weight excluding hydrogens is 306 g/mol.